The quantitative estimate of drug-likeness (QED) is 0.878. The molecule has 94 valence electrons. The summed E-state index contributed by atoms with van der Waals surface area (Å²) in [5.41, 5.74) is 5.12. The number of amides is 1. The largest absolute Gasteiger partial charge is 0.381 e. The van der Waals surface area contributed by atoms with E-state index in [1.54, 1.807) is 0 Å². The van der Waals surface area contributed by atoms with Crippen LogP contribution in [0.2, 0.25) is 0 Å². The number of carbonyl (C=O) groups is 1. The second-order valence-corrected chi connectivity index (χ2v) is 4.43. The lowest BCUT2D eigenvalue weighted by Crippen LogP contribution is -2.15. The van der Waals surface area contributed by atoms with E-state index in [1.807, 2.05) is 6.92 Å². The number of anilines is 2. The number of halogens is 1. The van der Waals surface area contributed by atoms with Gasteiger partial charge in [-0.25, -0.2) is 9.37 Å². The SMILES string of the molecule is CCc1nnc(NC(=O)c2ccnc(N)c2F)s1. The predicted molar refractivity (Wildman–Crippen MR) is 65.8 cm³/mol. The lowest BCUT2D eigenvalue weighted by atomic mass is 10.2. The third-order valence-electron chi connectivity index (χ3n) is 2.15. The molecule has 18 heavy (non-hydrogen) atoms. The third kappa shape index (κ3) is 2.43. The van der Waals surface area contributed by atoms with Crippen LogP contribution in [0.3, 0.4) is 0 Å². The normalized spacial score (nSPS) is 10.3. The van der Waals surface area contributed by atoms with Gasteiger partial charge < -0.3 is 5.73 Å². The summed E-state index contributed by atoms with van der Waals surface area (Å²) in [5, 5.41) is 11.2. The second-order valence-electron chi connectivity index (χ2n) is 3.37. The van der Waals surface area contributed by atoms with Crippen LogP contribution >= 0.6 is 11.3 Å². The van der Waals surface area contributed by atoms with E-state index in [1.165, 1.54) is 23.6 Å². The molecule has 2 rings (SSSR count). The van der Waals surface area contributed by atoms with Crippen LogP contribution in [0.5, 0.6) is 0 Å². The van der Waals surface area contributed by atoms with E-state index < -0.39 is 11.7 Å². The van der Waals surface area contributed by atoms with Gasteiger partial charge in [0, 0.05) is 6.20 Å². The molecule has 2 heterocycles. The molecule has 1 amide bonds. The van der Waals surface area contributed by atoms with E-state index in [2.05, 4.69) is 20.5 Å². The molecule has 0 aliphatic heterocycles. The zero-order valence-electron chi connectivity index (χ0n) is 9.48. The van der Waals surface area contributed by atoms with Crippen LogP contribution in [0.15, 0.2) is 12.3 Å². The Labute approximate surface area is 106 Å². The van der Waals surface area contributed by atoms with Crippen LogP contribution in [0.1, 0.15) is 22.3 Å². The van der Waals surface area contributed by atoms with Gasteiger partial charge in [-0.2, -0.15) is 0 Å². The maximum Gasteiger partial charge on any atom is 0.260 e. The zero-order chi connectivity index (χ0) is 13.1. The van der Waals surface area contributed by atoms with E-state index in [0.29, 0.717) is 5.13 Å². The number of aryl methyl sites for hydroxylation is 1. The Bertz CT molecular complexity index is 585. The Morgan fingerprint density at radius 1 is 1.56 bits per heavy atom. The molecule has 8 heteroatoms. The van der Waals surface area contributed by atoms with Gasteiger partial charge in [-0.1, -0.05) is 18.3 Å². The van der Waals surface area contributed by atoms with Crippen molar-refractivity contribution in [2.45, 2.75) is 13.3 Å². The Morgan fingerprint density at radius 3 is 3.00 bits per heavy atom. The maximum absolute atomic E-state index is 13.5. The molecule has 0 radical (unpaired) electrons. The van der Waals surface area contributed by atoms with Crippen LogP contribution in [0.25, 0.3) is 0 Å². The molecule has 3 N–H and O–H groups in total. The van der Waals surface area contributed by atoms with Crippen LogP contribution < -0.4 is 11.1 Å². The van der Waals surface area contributed by atoms with Crippen LogP contribution in [-0.4, -0.2) is 21.1 Å². The highest BCUT2D eigenvalue weighted by atomic mass is 32.1. The number of nitrogens with two attached hydrogens (primary N) is 1. The second kappa shape index (κ2) is 5.05. The summed E-state index contributed by atoms with van der Waals surface area (Å²) >= 11 is 1.24. The van der Waals surface area contributed by atoms with E-state index in [0.717, 1.165) is 11.4 Å². The van der Waals surface area contributed by atoms with Crippen LogP contribution in [0.4, 0.5) is 15.3 Å². The number of hydrogen-bond donors (Lipinski definition) is 2. The molecule has 0 bridgehead atoms. The van der Waals surface area contributed by atoms with Gasteiger partial charge in [0.05, 0.1) is 5.56 Å². The molecule has 0 aromatic carbocycles. The van der Waals surface area contributed by atoms with Crippen molar-refractivity contribution < 1.29 is 9.18 Å². The highest BCUT2D eigenvalue weighted by Crippen LogP contribution is 2.18. The standard InChI is InChI=1S/C10H10FN5OS/c1-2-6-15-16-10(18-6)14-9(17)5-3-4-13-8(12)7(5)11/h3-4H,2H2,1H3,(H2,12,13)(H,14,16,17). The monoisotopic (exact) mass is 267 g/mol. The van der Waals surface area contributed by atoms with Crippen molar-refractivity contribution in [3.8, 4) is 0 Å². The first-order valence-corrected chi connectivity index (χ1v) is 5.97. The number of nitrogens with zero attached hydrogens (tertiary/aromatic N) is 3. The molecule has 0 atom stereocenters. The lowest BCUT2D eigenvalue weighted by molar-refractivity contribution is 0.102. The minimum Gasteiger partial charge on any atom is -0.381 e. The molecule has 0 fully saturated rings. The number of rotatable bonds is 3. The summed E-state index contributed by atoms with van der Waals surface area (Å²) in [6.45, 7) is 1.93. The number of nitrogens with one attached hydrogen (secondary N) is 1. The average Bonchev–Trinajstić information content (AvgIpc) is 2.80. The lowest BCUT2D eigenvalue weighted by Gasteiger charge is -2.03. The zero-order valence-corrected chi connectivity index (χ0v) is 10.3. The van der Waals surface area contributed by atoms with E-state index in [9.17, 15) is 9.18 Å². The topological polar surface area (TPSA) is 93.8 Å². The summed E-state index contributed by atoms with van der Waals surface area (Å²) in [5.74, 6) is -1.77. The van der Waals surface area contributed by atoms with Crippen molar-refractivity contribution in [2.75, 3.05) is 11.1 Å². The molecular weight excluding hydrogens is 257 g/mol. The third-order valence-corrected chi connectivity index (χ3v) is 3.13. The molecule has 0 spiro atoms. The smallest absolute Gasteiger partial charge is 0.260 e. The highest BCUT2D eigenvalue weighted by Gasteiger charge is 2.16. The van der Waals surface area contributed by atoms with Crippen LogP contribution in [0, 0.1) is 5.82 Å². The number of nitrogen functional groups attached to an aromatic ring is 1. The van der Waals surface area contributed by atoms with Gasteiger partial charge in [-0.05, 0) is 12.5 Å². The van der Waals surface area contributed by atoms with Gasteiger partial charge in [-0.3, -0.25) is 10.1 Å². The Hall–Kier alpha value is -2.09. The molecule has 0 aliphatic carbocycles. The Kier molecular flexibility index (Phi) is 3.47. The van der Waals surface area contributed by atoms with E-state index in [4.69, 9.17) is 5.73 Å². The van der Waals surface area contributed by atoms with Crippen molar-refractivity contribution >= 4 is 28.2 Å². The van der Waals surface area contributed by atoms with Crippen molar-refractivity contribution in [1.29, 1.82) is 0 Å². The molecular formula is C10H10FN5OS. The van der Waals surface area contributed by atoms with Gasteiger partial charge in [0.2, 0.25) is 5.13 Å². The number of carbonyl (C=O) groups excluding carboxylic acids is 1. The molecule has 0 saturated heterocycles. The molecule has 2 aromatic heterocycles. The van der Waals surface area contributed by atoms with Crippen molar-refractivity contribution in [1.82, 2.24) is 15.2 Å². The number of hydrogen-bond acceptors (Lipinski definition) is 6. The summed E-state index contributed by atoms with van der Waals surface area (Å²) in [6, 6.07) is 1.25. The van der Waals surface area contributed by atoms with Crippen molar-refractivity contribution in [3.63, 3.8) is 0 Å². The predicted octanol–water partition coefficient (Wildman–Crippen LogP) is 1.47. The first kappa shape index (κ1) is 12.4. The summed E-state index contributed by atoms with van der Waals surface area (Å²) < 4.78 is 13.5. The first-order chi connectivity index (χ1) is 8.61. The average molecular weight is 267 g/mol. The Morgan fingerprint density at radius 2 is 2.33 bits per heavy atom. The van der Waals surface area contributed by atoms with Gasteiger partial charge in [0.25, 0.3) is 5.91 Å². The first-order valence-electron chi connectivity index (χ1n) is 5.15. The van der Waals surface area contributed by atoms with Crippen molar-refractivity contribution in [3.05, 3.63) is 28.7 Å². The minimum atomic E-state index is -0.838. The maximum atomic E-state index is 13.5. The summed E-state index contributed by atoms with van der Waals surface area (Å²) in [7, 11) is 0. The highest BCUT2D eigenvalue weighted by molar-refractivity contribution is 7.15. The molecule has 0 aliphatic rings. The van der Waals surface area contributed by atoms with E-state index in [-0.39, 0.29) is 11.4 Å². The molecule has 0 unspecified atom stereocenters. The van der Waals surface area contributed by atoms with Gasteiger partial charge in [0.1, 0.15) is 5.01 Å². The van der Waals surface area contributed by atoms with E-state index >= 15 is 0 Å². The number of aromatic nitrogens is 3. The fraction of sp³-hybridized carbons (Fsp3) is 0.200. The van der Waals surface area contributed by atoms with Crippen LogP contribution in [-0.2, 0) is 6.42 Å². The summed E-state index contributed by atoms with van der Waals surface area (Å²) in [4.78, 5) is 15.3. The van der Waals surface area contributed by atoms with Gasteiger partial charge in [0.15, 0.2) is 11.6 Å². The molecule has 2 aromatic rings. The minimum absolute atomic E-state index is 0.171. The Balaban J connectivity index is 2.19. The fourth-order valence-electron chi connectivity index (χ4n) is 1.25. The molecule has 6 nitrogen and oxygen atoms in total. The van der Waals surface area contributed by atoms with Gasteiger partial charge >= 0.3 is 0 Å². The fourth-order valence-corrected chi connectivity index (χ4v) is 1.92. The molecule has 0 saturated carbocycles. The summed E-state index contributed by atoms with van der Waals surface area (Å²) in [6.07, 6.45) is 2.00. The van der Waals surface area contributed by atoms with Crippen molar-refractivity contribution in [2.24, 2.45) is 0 Å². The van der Waals surface area contributed by atoms with Gasteiger partial charge in [-0.15, -0.1) is 10.2 Å². The number of pyridine rings is 1.